The summed E-state index contributed by atoms with van der Waals surface area (Å²) in [5.41, 5.74) is 2.86. The number of fused-ring (bicyclic) bond motifs is 1. The molecule has 2 heteroatoms. The molecule has 0 saturated heterocycles. The van der Waals surface area contributed by atoms with Gasteiger partial charge in [-0.1, -0.05) is 59.9 Å². The molecule has 0 aromatic heterocycles. The van der Waals surface area contributed by atoms with Crippen LogP contribution >= 0.6 is 15.9 Å². The van der Waals surface area contributed by atoms with Crippen molar-refractivity contribution in [3.63, 3.8) is 0 Å². The number of allylic oxidation sites excluding steroid dienone is 1. The summed E-state index contributed by atoms with van der Waals surface area (Å²) in [5, 5.41) is 1.53. The quantitative estimate of drug-likeness (QED) is 0.682. The molecule has 0 spiro atoms. The second-order valence-electron chi connectivity index (χ2n) is 4.86. The Balaban J connectivity index is 2.61. The monoisotopic (exact) mass is 266 g/mol. The predicted molar refractivity (Wildman–Crippen MR) is 69.9 cm³/mol. The minimum atomic E-state index is -1.20. The summed E-state index contributed by atoms with van der Waals surface area (Å²) < 4.78 is 1.34. The summed E-state index contributed by atoms with van der Waals surface area (Å²) >= 11 is 3.75. The molecule has 0 atom stereocenters. The number of hydrogen-bond donors (Lipinski definition) is 0. The number of benzene rings is 1. The predicted octanol–water partition coefficient (Wildman–Crippen LogP) is 3.56. The molecular formula is C12H15BrSi. The van der Waals surface area contributed by atoms with Gasteiger partial charge in [0, 0.05) is 4.47 Å². The van der Waals surface area contributed by atoms with Crippen LogP contribution in [0.5, 0.6) is 0 Å². The van der Waals surface area contributed by atoms with Crippen molar-refractivity contribution in [3.05, 3.63) is 33.8 Å². The van der Waals surface area contributed by atoms with Crippen molar-refractivity contribution in [2.24, 2.45) is 0 Å². The van der Waals surface area contributed by atoms with Crippen molar-refractivity contribution in [1.29, 1.82) is 0 Å². The molecule has 0 unspecified atom stereocenters. The average Bonchev–Trinajstić information content (AvgIpc) is 2.50. The van der Waals surface area contributed by atoms with E-state index in [4.69, 9.17) is 0 Å². The zero-order chi connectivity index (χ0) is 10.3. The van der Waals surface area contributed by atoms with Crippen LogP contribution in [0.1, 0.15) is 11.1 Å². The molecule has 0 amide bonds. The first-order valence-electron chi connectivity index (χ1n) is 4.98. The smallest absolute Gasteiger partial charge is 0.0791 e. The first-order chi connectivity index (χ1) is 6.50. The Bertz CT molecular complexity index is 400. The van der Waals surface area contributed by atoms with Crippen LogP contribution in [0.25, 0.3) is 6.08 Å². The van der Waals surface area contributed by atoms with Crippen LogP contribution in [0.4, 0.5) is 0 Å². The standard InChI is InChI=1S/C12H15BrSi/c1-14(2,3)11-8-7-9-5-4-6-10(9)12(11)13/h4,6-8H,5H2,1-3H3. The summed E-state index contributed by atoms with van der Waals surface area (Å²) in [5.74, 6) is 0. The minimum absolute atomic E-state index is 1.10. The van der Waals surface area contributed by atoms with Gasteiger partial charge in [-0.15, -0.1) is 0 Å². The van der Waals surface area contributed by atoms with Crippen molar-refractivity contribution in [3.8, 4) is 0 Å². The van der Waals surface area contributed by atoms with Gasteiger partial charge in [0.15, 0.2) is 0 Å². The molecule has 1 aromatic rings. The maximum absolute atomic E-state index is 3.75. The molecule has 1 aliphatic rings. The van der Waals surface area contributed by atoms with E-state index in [2.05, 4.69) is 59.9 Å². The van der Waals surface area contributed by atoms with Crippen LogP contribution in [-0.4, -0.2) is 8.07 Å². The summed E-state index contributed by atoms with van der Waals surface area (Å²) in [4.78, 5) is 0. The van der Waals surface area contributed by atoms with Gasteiger partial charge in [-0.2, -0.15) is 0 Å². The fourth-order valence-electron chi connectivity index (χ4n) is 1.87. The third-order valence-electron chi connectivity index (χ3n) is 2.70. The average molecular weight is 267 g/mol. The normalized spacial score (nSPS) is 14.6. The van der Waals surface area contributed by atoms with Crippen LogP contribution in [0.2, 0.25) is 19.6 Å². The Kier molecular flexibility index (Phi) is 2.44. The molecule has 0 N–H and O–H groups in total. The summed E-state index contributed by atoms with van der Waals surface area (Å²) in [6, 6.07) is 4.59. The Morgan fingerprint density at radius 3 is 2.57 bits per heavy atom. The lowest BCUT2D eigenvalue weighted by Crippen LogP contribution is -2.38. The number of rotatable bonds is 1. The SMILES string of the molecule is C[Si](C)(C)c1ccc2c(c1Br)C=CC2. The van der Waals surface area contributed by atoms with Crippen LogP contribution in [-0.2, 0) is 6.42 Å². The Labute approximate surface area is 95.2 Å². The second-order valence-corrected chi connectivity index (χ2v) is 10.7. The van der Waals surface area contributed by atoms with Gasteiger partial charge in [-0.25, -0.2) is 0 Å². The van der Waals surface area contributed by atoms with Crippen LogP contribution in [0, 0.1) is 0 Å². The molecule has 0 saturated carbocycles. The summed E-state index contributed by atoms with van der Waals surface area (Å²) in [6.45, 7) is 7.16. The van der Waals surface area contributed by atoms with E-state index in [-0.39, 0.29) is 0 Å². The van der Waals surface area contributed by atoms with Gasteiger partial charge >= 0.3 is 0 Å². The van der Waals surface area contributed by atoms with Gasteiger partial charge in [-0.05, 0) is 22.7 Å². The van der Waals surface area contributed by atoms with Gasteiger partial charge in [0.25, 0.3) is 0 Å². The van der Waals surface area contributed by atoms with Gasteiger partial charge < -0.3 is 0 Å². The fourth-order valence-corrected chi connectivity index (χ4v) is 5.55. The highest BCUT2D eigenvalue weighted by Gasteiger charge is 2.22. The lowest BCUT2D eigenvalue weighted by Gasteiger charge is -2.20. The molecule has 0 heterocycles. The van der Waals surface area contributed by atoms with E-state index in [1.54, 1.807) is 0 Å². The molecule has 0 radical (unpaired) electrons. The molecule has 14 heavy (non-hydrogen) atoms. The highest BCUT2D eigenvalue weighted by atomic mass is 79.9. The van der Waals surface area contributed by atoms with E-state index in [0.29, 0.717) is 0 Å². The van der Waals surface area contributed by atoms with Crippen LogP contribution < -0.4 is 5.19 Å². The van der Waals surface area contributed by atoms with Gasteiger partial charge in [0.1, 0.15) is 0 Å². The van der Waals surface area contributed by atoms with Gasteiger partial charge in [-0.3, -0.25) is 0 Å². The van der Waals surface area contributed by atoms with E-state index in [1.807, 2.05) is 0 Å². The first kappa shape index (κ1) is 10.2. The maximum Gasteiger partial charge on any atom is 0.0791 e. The molecule has 0 aliphatic heterocycles. The molecule has 74 valence electrons. The minimum Gasteiger partial charge on any atom is -0.0795 e. The van der Waals surface area contributed by atoms with Crippen LogP contribution in [0.15, 0.2) is 22.7 Å². The highest BCUT2D eigenvalue weighted by molar-refractivity contribution is 9.10. The number of halogens is 1. The molecule has 0 nitrogen and oxygen atoms in total. The van der Waals surface area contributed by atoms with E-state index in [9.17, 15) is 0 Å². The van der Waals surface area contributed by atoms with Gasteiger partial charge in [0.05, 0.1) is 8.07 Å². The van der Waals surface area contributed by atoms with Crippen molar-refractivity contribution in [2.75, 3.05) is 0 Å². The summed E-state index contributed by atoms with van der Waals surface area (Å²) in [7, 11) is -1.20. The molecular weight excluding hydrogens is 252 g/mol. The largest absolute Gasteiger partial charge is 0.0795 e. The van der Waals surface area contributed by atoms with E-state index in [1.165, 1.54) is 20.8 Å². The molecule has 0 fully saturated rings. The first-order valence-corrected chi connectivity index (χ1v) is 9.28. The van der Waals surface area contributed by atoms with E-state index in [0.717, 1.165) is 6.42 Å². The Hall–Kier alpha value is -0.343. The van der Waals surface area contributed by atoms with E-state index >= 15 is 0 Å². The topological polar surface area (TPSA) is 0 Å². The van der Waals surface area contributed by atoms with Crippen molar-refractivity contribution < 1.29 is 0 Å². The zero-order valence-electron chi connectivity index (χ0n) is 8.89. The van der Waals surface area contributed by atoms with Crippen molar-refractivity contribution >= 4 is 35.3 Å². The van der Waals surface area contributed by atoms with Gasteiger partial charge in [0.2, 0.25) is 0 Å². The van der Waals surface area contributed by atoms with Crippen LogP contribution in [0.3, 0.4) is 0 Å². The Morgan fingerprint density at radius 2 is 1.93 bits per heavy atom. The van der Waals surface area contributed by atoms with Crippen molar-refractivity contribution in [1.82, 2.24) is 0 Å². The Morgan fingerprint density at radius 1 is 1.21 bits per heavy atom. The highest BCUT2D eigenvalue weighted by Crippen LogP contribution is 2.27. The number of hydrogen-bond acceptors (Lipinski definition) is 0. The van der Waals surface area contributed by atoms with Crippen molar-refractivity contribution in [2.45, 2.75) is 26.1 Å². The second kappa shape index (κ2) is 3.35. The maximum atomic E-state index is 3.75. The third-order valence-corrected chi connectivity index (χ3v) is 5.95. The molecule has 0 bridgehead atoms. The molecule has 1 aliphatic carbocycles. The molecule has 1 aromatic carbocycles. The lowest BCUT2D eigenvalue weighted by atomic mass is 10.1. The lowest BCUT2D eigenvalue weighted by molar-refractivity contribution is 1.31. The fraction of sp³-hybridized carbons (Fsp3) is 0.333. The summed E-state index contributed by atoms with van der Waals surface area (Å²) in [6.07, 6.45) is 5.58. The molecule has 2 rings (SSSR count). The third kappa shape index (κ3) is 1.61. The van der Waals surface area contributed by atoms with E-state index < -0.39 is 8.07 Å². The zero-order valence-corrected chi connectivity index (χ0v) is 11.5.